The van der Waals surface area contributed by atoms with Gasteiger partial charge in [0.05, 0.1) is 11.4 Å². The number of nitrogens with zero attached hydrogens (tertiary/aromatic N) is 2. The molecule has 0 amide bonds. The molecule has 1 aliphatic heterocycles. The van der Waals surface area contributed by atoms with E-state index >= 15 is 0 Å². The Labute approximate surface area is 118 Å². The molecule has 1 aromatic heterocycles. The van der Waals surface area contributed by atoms with Crippen molar-refractivity contribution in [3.63, 3.8) is 0 Å². The van der Waals surface area contributed by atoms with E-state index in [1.807, 2.05) is 23.6 Å². The Morgan fingerprint density at radius 2 is 2.25 bits per heavy atom. The third-order valence-corrected chi connectivity index (χ3v) is 3.77. The summed E-state index contributed by atoms with van der Waals surface area (Å²) in [5.41, 5.74) is 3.95. The van der Waals surface area contributed by atoms with Crippen LogP contribution in [0.25, 0.3) is 5.69 Å². The van der Waals surface area contributed by atoms with Crippen LogP contribution in [0.15, 0.2) is 18.2 Å². The van der Waals surface area contributed by atoms with Crippen molar-refractivity contribution < 1.29 is 4.39 Å². The summed E-state index contributed by atoms with van der Waals surface area (Å²) in [6.45, 7) is 5.83. The molecule has 0 radical (unpaired) electrons. The van der Waals surface area contributed by atoms with Gasteiger partial charge in [0.25, 0.3) is 0 Å². The van der Waals surface area contributed by atoms with E-state index in [0.717, 1.165) is 55.1 Å². The van der Waals surface area contributed by atoms with Gasteiger partial charge in [0.15, 0.2) is 0 Å². The second-order valence-electron chi connectivity index (χ2n) is 5.39. The molecule has 4 heteroatoms. The van der Waals surface area contributed by atoms with Crippen LogP contribution in [0.4, 0.5) is 4.39 Å². The Morgan fingerprint density at radius 1 is 1.40 bits per heavy atom. The molecule has 0 aliphatic carbocycles. The summed E-state index contributed by atoms with van der Waals surface area (Å²) >= 11 is 0. The maximum absolute atomic E-state index is 14.3. The largest absolute Gasteiger partial charge is 0.311 e. The van der Waals surface area contributed by atoms with Crippen LogP contribution in [0.1, 0.15) is 36.1 Å². The fraction of sp³-hybridized carbons (Fsp3) is 0.438. The Kier molecular flexibility index (Phi) is 3.57. The van der Waals surface area contributed by atoms with Crippen LogP contribution in [-0.4, -0.2) is 16.1 Å². The molecule has 0 saturated heterocycles. The fourth-order valence-electron chi connectivity index (χ4n) is 2.84. The molecular formula is C16H20FN3. The monoisotopic (exact) mass is 273 g/mol. The molecule has 1 aromatic carbocycles. The first kappa shape index (κ1) is 13.3. The molecule has 3 nitrogen and oxygen atoms in total. The first-order valence-corrected chi connectivity index (χ1v) is 7.27. The van der Waals surface area contributed by atoms with Gasteiger partial charge >= 0.3 is 0 Å². The average Bonchev–Trinajstić information content (AvgIpc) is 2.80. The highest BCUT2D eigenvalue weighted by Crippen LogP contribution is 2.25. The van der Waals surface area contributed by atoms with Crippen molar-refractivity contribution in [3.8, 4) is 5.69 Å². The van der Waals surface area contributed by atoms with E-state index in [-0.39, 0.29) is 5.82 Å². The molecule has 0 fully saturated rings. The topological polar surface area (TPSA) is 29.9 Å². The minimum atomic E-state index is -0.174. The van der Waals surface area contributed by atoms with E-state index in [0.29, 0.717) is 5.69 Å². The molecule has 106 valence electrons. The smallest absolute Gasteiger partial charge is 0.147 e. The first-order chi connectivity index (χ1) is 9.70. The molecule has 1 aliphatic rings. The number of imidazole rings is 1. The van der Waals surface area contributed by atoms with Crippen molar-refractivity contribution >= 4 is 0 Å². The lowest BCUT2D eigenvalue weighted by atomic mass is 10.1. The number of aryl methyl sites for hydroxylation is 2. The van der Waals surface area contributed by atoms with Gasteiger partial charge < -0.3 is 5.32 Å². The number of hydrogen-bond acceptors (Lipinski definition) is 2. The maximum Gasteiger partial charge on any atom is 0.147 e. The molecule has 0 spiro atoms. The lowest BCUT2D eigenvalue weighted by molar-refractivity contribution is 0.597. The molecule has 1 N–H and O–H groups in total. The Balaban J connectivity index is 2.20. The van der Waals surface area contributed by atoms with Crippen LogP contribution in [0.5, 0.6) is 0 Å². The number of aromatic nitrogens is 2. The first-order valence-electron chi connectivity index (χ1n) is 7.27. The van der Waals surface area contributed by atoms with Gasteiger partial charge in [-0.3, -0.25) is 4.57 Å². The Bertz CT molecular complexity index is 631. The quantitative estimate of drug-likeness (QED) is 0.932. The number of benzene rings is 1. The van der Waals surface area contributed by atoms with Crippen LogP contribution in [0, 0.1) is 12.7 Å². The normalized spacial score (nSPS) is 14.3. The third kappa shape index (κ3) is 2.24. The SMILES string of the molecule is CCCc1nc2c(n1-c1cc(C)ccc1F)CCNC2. The van der Waals surface area contributed by atoms with Crippen LogP contribution >= 0.6 is 0 Å². The van der Waals surface area contributed by atoms with Crippen LogP contribution < -0.4 is 5.32 Å². The standard InChI is InChI=1S/C16H20FN3/c1-3-4-16-19-13-10-18-8-7-14(13)20(16)15-9-11(2)5-6-12(15)17/h5-6,9,18H,3-4,7-8,10H2,1-2H3. The van der Waals surface area contributed by atoms with E-state index in [4.69, 9.17) is 4.98 Å². The predicted molar refractivity (Wildman–Crippen MR) is 77.7 cm³/mol. The van der Waals surface area contributed by atoms with Crippen LogP contribution in [0.2, 0.25) is 0 Å². The molecule has 0 atom stereocenters. The molecular weight excluding hydrogens is 253 g/mol. The van der Waals surface area contributed by atoms with Crippen molar-refractivity contribution in [2.24, 2.45) is 0 Å². The van der Waals surface area contributed by atoms with Crippen LogP contribution in [-0.2, 0) is 19.4 Å². The van der Waals surface area contributed by atoms with Crippen molar-refractivity contribution in [2.75, 3.05) is 6.54 Å². The van der Waals surface area contributed by atoms with E-state index in [1.165, 1.54) is 0 Å². The lowest BCUT2D eigenvalue weighted by Crippen LogP contribution is -2.25. The summed E-state index contributed by atoms with van der Waals surface area (Å²) < 4.78 is 16.3. The average molecular weight is 273 g/mol. The number of halogens is 1. The number of fused-ring (bicyclic) bond motifs is 1. The van der Waals surface area contributed by atoms with Crippen molar-refractivity contribution in [1.82, 2.24) is 14.9 Å². The van der Waals surface area contributed by atoms with Crippen LogP contribution in [0.3, 0.4) is 0 Å². The van der Waals surface area contributed by atoms with Gasteiger partial charge in [-0.05, 0) is 31.0 Å². The maximum atomic E-state index is 14.3. The molecule has 2 aromatic rings. The van der Waals surface area contributed by atoms with Gasteiger partial charge in [-0.15, -0.1) is 0 Å². The molecule has 2 heterocycles. The molecule has 0 unspecified atom stereocenters. The van der Waals surface area contributed by atoms with E-state index in [9.17, 15) is 4.39 Å². The lowest BCUT2D eigenvalue weighted by Gasteiger charge is -2.17. The van der Waals surface area contributed by atoms with Gasteiger partial charge in [0, 0.05) is 31.6 Å². The van der Waals surface area contributed by atoms with Gasteiger partial charge in [-0.25, -0.2) is 9.37 Å². The second-order valence-corrected chi connectivity index (χ2v) is 5.39. The zero-order valence-electron chi connectivity index (χ0n) is 12.0. The van der Waals surface area contributed by atoms with Gasteiger partial charge in [0.1, 0.15) is 11.6 Å². The Morgan fingerprint density at radius 3 is 3.05 bits per heavy atom. The zero-order valence-corrected chi connectivity index (χ0v) is 12.0. The fourth-order valence-corrected chi connectivity index (χ4v) is 2.84. The van der Waals surface area contributed by atoms with Gasteiger partial charge in [0.2, 0.25) is 0 Å². The van der Waals surface area contributed by atoms with Crippen molar-refractivity contribution in [2.45, 2.75) is 39.7 Å². The molecule has 0 saturated carbocycles. The van der Waals surface area contributed by atoms with E-state index < -0.39 is 0 Å². The minimum Gasteiger partial charge on any atom is -0.311 e. The predicted octanol–water partition coefficient (Wildman–Crippen LogP) is 2.92. The summed E-state index contributed by atoms with van der Waals surface area (Å²) in [6, 6.07) is 5.27. The van der Waals surface area contributed by atoms with E-state index in [1.54, 1.807) is 6.07 Å². The summed E-state index contributed by atoms with van der Waals surface area (Å²) in [5.74, 6) is 0.803. The third-order valence-electron chi connectivity index (χ3n) is 3.77. The number of nitrogens with one attached hydrogen (secondary N) is 1. The minimum absolute atomic E-state index is 0.174. The van der Waals surface area contributed by atoms with Gasteiger partial charge in [-0.2, -0.15) is 0 Å². The molecule has 3 rings (SSSR count). The highest BCUT2D eigenvalue weighted by Gasteiger charge is 2.21. The molecule has 20 heavy (non-hydrogen) atoms. The zero-order chi connectivity index (χ0) is 14.1. The van der Waals surface area contributed by atoms with Crippen molar-refractivity contribution in [3.05, 3.63) is 46.8 Å². The highest BCUT2D eigenvalue weighted by atomic mass is 19.1. The number of hydrogen-bond donors (Lipinski definition) is 1. The van der Waals surface area contributed by atoms with Gasteiger partial charge in [-0.1, -0.05) is 13.0 Å². The second kappa shape index (κ2) is 5.37. The summed E-state index contributed by atoms with van der Waals surface area (Å²) in [7, 11) is 0. The summed E-state index contributed by atoms with van der Waals surface area (Å²) in [4.78, 5) is 4.72. The van der Waals surface area contributed by atoms with Crippen molar-refractivity contribution in [1.29, 1.82) is 0 Å². The summed E-state index contributed by atoms with van der Waals surface area (Å²) in [5, 5.41) is 3.33. The Hall–Kier alpha value is -1.68. The number of rotatable bonds is 3. The van der Waals surface area contributed by atoms with E-state index in [2.05, 4.69) is 12.2 Å². The summed E-state index contributed by atoms with van der Waals surface area (Å²) in [6.07, 6.45) is 2.79. The molecule has 0 bridgehead atoms. The highest BCUT2D eigenvalue weighted by molar-refractivity contribution is 5.42.